The number of hydrogen-bond donors (Lipinski definition) is 1. The molecule has 1 aromatic carbocycles. The highest BCUT2D eigenvalue weighted by atomic mass is 79.9. The molecule has 1 heterocycles. The van der Waals surface area contributed by atoms with Crippen LogP contribution in [-0.2, 0) is 11.3 Å². The SMILES string of the molecule is Cc1cccc(OCCC(=O)NCc2cc(Br)cs2)c1. The molecule has 0 fully saturated rings. The molecule has 2 aromatic rings. The van der Waals surface area contributed by atoms with Gasteiger partial charge in [0.25, 0.3) is 0 Å². The zero-order chi connectivity index (χ0) is 14.4. The summed E-state index contributed by atoms with van der Waals surface area (Å²) in [6.45, 7) is 2.97. The minimum absolute atomic E-state index is 0.00201. The van der Waals surface area contributed by atoms with Crippen molar-refractivity contribution in [1.29, 1.82) is 0 Å². The number of carbonyl (C=O) groups excluding carboxylic acids is 1. The van der Waals surface area contributed by atoms with Crippen LogP contribution in [0.1, 0.15) is 16.9 Å². The van der Waals surface area contributed by atoms with Crippen LogP contribution in [0.5, 0.6) is 5.75 Å². The third-order valence-electron chi connectivity index (χ3n) is 2.67. The van der Waals surface area contributed by atoms with Crippen LogP contribution in [0.25, 0.3) is 0 Å². The van der Waals surface area contributed by atoms with Crippen LogP contribution >= 0.6 is 27.3 Å². The van der Waals surface area contributed by atoms with Crippen molar-refractivity contribution in [3.63, 3.8) is 0 Å². The fourth-order valence-electron chi connectivity index (χ4n) is 1.69. The molecule has 20 heavy (non-hydrogen) atoms. The van der Waals surface area contributed by atoms with E-state index in [2.05, 4.69) is 21.2 Å². The van der Waals surface area contributed by atoms with Crippen molar-refractivity contribution in [3.05, 3.63) is 50.6 Å². The molecule has 2 rings (SSSR count). The molecular formula is C15H16BrNO2S. The van der Waals surface area contributed by atoms with E-state index in [-0.39, 0.29) is 5.91 Å². The Morgan fingerprint density at radius 3 is 2.95 bits per heavy atom. The molecule has 0 radical (unpaired) electrons. The lowest BCUT2D eigenvalue weighted by Crippen LogP contribution is -2.24. The summed E-state index contributed by atoms with van der Waals surface area (Å²) >= 11 is 5.01. The van der Waals surface area contributed by atoms with E-state index in [0.29, 0.717) is 19.6 Å². The summed E-state index contributed by atoms with van der Waals surface area (Å²) in [7, 11) is 0. The fourth-order valence-corrected chi connectivity index (χ4v) is 3.08. The van der Waals surface area contributed by atoms with Gasteiger partial charge in [0.2, 0.25) is 5.91 Å². The topological polar surface area (TPSA) is 38.3 Å². The Morgan fingerprint density at radius 1 is 1.40 bits per heavy atom. The number of aryl methyl sites for hydroxylation is 1. The zero-order valence-corrected chi connectivity index (χ0v) is 13.6. The number of ether oxygens (including phenoxy) is 1. The van der Waals surface area contributed by atoms with E-state index in [9.17, 15) is 4.79 Å². The molecule has 1 aromatic heterocycles. The summed E-state index contributed by atoms with van der Waals surface area (Å²) in [5.74, 6) is 0.808. The number of nitrogens with one attached hydrogen (secondary N) is 1. The summed E-state index contributed by atoms with van der Waals surface area (Å²) in [4.78, 5) is 12.8. The molecule has 0 aliphatic heterocycles. The van der Waals surface area contributed by atoms with Crippen LogP contribution in [0.15, 0.2) is 40.2 Å². The van der Waals surface area contributed by atoms with E-state index >= 15 is 0 Å². The first-order valence-corrected chi connectivity index (χ1v) is 8.00. The largest absolute Gasteiger partial charge is 0.493 e. The first-order chi connectivity index (χ1) is 9.63. The second-order valence-corrected chi connectivity index (χ2v) is 6.33. The van der Waals surface area contributed by atoms with E-state index in [0.717, 1.165) is 20.7 Å². The van der Waals surface area contributed by atoms with Crippen molar-refractivity contribution in [1.82, 2.24) is 5.32 Å². The van der Waals surface area contributed by atoms with Gasteiger partial charge < -0.3 is 10.1 Å². The first kappa shape index (κ1) is 15.1. The molecule has 0 bridgehead atoms. The van der Waals surface area contributed by atoms with E-state index in [1.165, 1.54) is 0 Å². The summed E-state index contributed by atoms with van der Waals surface area (Å²) in [6, 6.07) is 9.82. The quantitative estimate of drug-likeness (QED) is 0.854. The maximum absolute atomic E-state index is 11.7. The van der Waals surface area contributed by atoms with Gasteiger partial charge in [-0.2, -0.15) is 0 Å². The zero-order valence-electron chi connectivity index (χ0n) is 11.2. The highest BCUT2D eigenvalue weighted by Crippen LogP contribution is 2.19. The lowest BCUT2D eigenvalue weighted by atomic mass is 10.2. The Bertz CT molecular complexity index is 583. The minimum atomic E-state index is 0.00201. The number of rotatable bonds is 6. The monoisotopic (exact) mass is 353 g/mol. The van der Waals surface area contributed by atoms with Gasteiger partial charge in [-0.05, 0) is 46.6 Å². The number of thiophene rings is 1. The number of amides is 1. The van der Waals surface area contributed by atoms with Crippen LogP contribution in [0.3, 0.4) is 0 Å². The Kier molecular flexibility index (Phi) is 5.61. The molecule has 0 unspecified atom stereocenters. The van der Waals surface area contributed by atoms with Crippen molar-refractivity contribution in [2.45, 2.75) is 19.9 Å². The van der Waals surface area contributed by atoms with Crippen LogP contribution in [0.2, 0.25) is 0 Å². The second kappa shape index (κ2) is 7.45. The first-order valence-electron chi connectivity index (χ1n) is 6.32. The van der Waals surface area contributed by atoms with Gasteiger partial charge in [0.15, 0.2) is 0 Å². The third kappa shape index (κ3) is 4.98. The minimum Gasteiger partial charge on any atom is -0.493 e. The van der Waals surface area contributed by atoms with Crippen molar-refractivity contribution in [2.24, 2.45) is 0 Å². The summed E-state index contributed by atoms with van der Waals surface area (Å²) in [6.07, 6.45) is 0.362. The molecular weight excluding hydrogens is 338 g/mol. The van der Waals surface area contributed by atoms with Crippen LogP contribution in [0.4, 0.5) is 0 Å². The molecule has 3 nitrogen and oxygen atoms in total. The lowest BCUT2D eigenvalue weighted by molar-refractivity contribution is -0.121. The molecule has 0 saturated heterocycles. The predicted molar refractivity (Wildman–Crippen MR) is 85.2 cm³/mol. The molecule has 5 heteroatoms. The number of carbonyl (C=O) groups is 1. The predicted octanol–water partition coefficient (Wildman–Crippen LogP) is 3.90. The molecule has 1 amide bonds. The van der Waals surface area contributed by atoms with E-state index < -0.39 is 0 Å². The van der Waals surface area contributed by atoms with Crippen molar-refractivity contribution >= 4 is 33.2 Å². The fraction of sp³-hybridized carbons (Fsp3) is 0.267. The van der Waals surface area contributed by atoms with Crippen LogP contribution in [0, 0.1) is 6.92 Å². The average Bonchev–Trinajstić information content (AvgIpc) is 2.82. The molecule has 0 aliphatic carbocycles. The van der Waals surface area contributed by atoms with Gasteiger partial charge in [0.1, 0.15) is 5.75 Å². The van der Waals surface area contributed by atoms with Crippen LogP contribution < -0.4 is 10.1 Å². The number of halogens is 1. The number of hydrogen-bond acceptors (Lipinski definition) is 3. The van der Waals surface area contributed by atoms with Crippen molar-refractivity contribution in [3.8, 4) is 5.75 Å². The second-order valence-electron chi connectivity index (χ2n) is 4.42. The van der Waals surface area contributed by atoms with Crippen molar-refractivity contribution in [2.75, 3.05) is 6.61 Å². The van der Waals surface area contributed by atoms with Gasteiger partial charge >= 0.3 is 0 Å². The maximum Gasteiger partial charge on any atom is 0.223 e. The van der Waals surface area contributed by atoms with E-state index in [1.807, 2.05) is 42.6 Å². The van der Waals surface area contributed by atoms with E-state index in [1.54, 1.807) is 11.3 Å². The molecule has 106 valence electrons. The Morgan fingerprint density at radius 2 is 2.25 bits per heavy atom. The van der Waals surface area contributed by atoms with Gasteiger partial charge in [-0.15, -0.1) is 11.3 Å². The highest BCUT2D eigenvalue weighted by molar-refractivity contribution is 9.10. The molecule has 0 saturated carbocycles. The lowest BCUT2D eigenvalue weighted by Gasteiger charge is -2.07. The molecule has 0 spiro atoms. The van der Waals surface area contributed by atoms with Gasteiger partial charge in [0.05, 0.1) is 19.6 Å². The van der Waals surface area contributed by atoms with Gasteiger partial charge in [0, 0.05) is 14.7 Å². The molecule has 1 N–H and O–H groups in total. The van der Waals surface area contributed by atoms with Gasteiger partial charge in [-0.25, -0.2) is 0 Å². The van der Waals surface area contributed by atoms with Crippen molar-refractivity contribution < 1.29 is 9.53 Å². The molecule has 0 aliphatic rings. The van der Waals surface area contributed by atoms with Crippen LogP contribution in [-0.4, -0.2) is 12.5 Å². The summed E-state index contributed by atoms with van der Waals surface area (Å²) in [5, 5.41) is 4.88. The highest BCUT2D eigenvalue weighted by Gasteiger charge is 2.03. The number of benzene rings is 1. The van der Waals surface area contributed by atoms with Gasteiger partial charge in [-0.1, -0.05) is 12.1 Å². The van der Waals surface area contributed by atoms with E-state index in [4.69, 9.17) is 4.74 Å². The standard InChI is InChI=1S/C15H16BrNO2S/c1-11-3-2-4-13(7-11)19-6-5-15(18)17-9-14-8-12(16)10-20-14/h2-4,7-8,10H,5-6,9H2,1H3,(H,17,18). The Balaban J connectivity index is 1.67. The maximum atomic E-state index is 11.7. The smallest absolute Gasteiger partial charge is 0.223 e. The Hall–Kier alpha value is -1.33. The summed E-state index contributed by atoms with van der Waals surface area (Å²) in [5.41, 5.74) is 1.15. The summed E-state index contributed by atoms with van der Waals surface area (Å²) < 4.78 is 6.60. The Labute approximate surface area is 131 Å². The third-order valence-corrected chi connectivity index (χ3v) is 4.37. The van der Waals surface area contributed by atoms with Gasteiger partial charge in [-0.3, -0.25) is 4.79 Å². The molecule has 0 atom stereocenters. The normalized spacial score (nSPS) is 10.3. The average molecular weight is 354 g/mol.